The van der Waals surface area contributed by atoms with Gasteiger partial charge in [-0.15, -0.1) is 0 Å². The molecule has 2 rings (SSSR count). The van der Waals surface area contributed by atoms with Gasteiger partial charge < -0.3 is 13.7 Å². The standard InChI is InChI=1S/C17H23NO3/c1-13(2)16(17-7-5-11-21-17)8-9-18(14(3)19)12-15-6-4-10-20-15/h4-7,10-11,13,16H,8-9,12H2,1-3H3/t16-/m1/s1. The molecular weight excluding hydrogens is 266 g/mol. The molecular formula is C17H23NO3. The average molecular weight is 289 g/mol. The second kappa shape index (κ2) is 7.16. The number of rotatable bonds is 7. The Bertz CT molecular complexity index is 528. The van der Waals surface area contributed by atoms with Crippen LogP contribution in [-0.4, -0.2) is 17.4 Å². The summed E-state index contributed by atoms with van der Waals surface area (Å²) in [7, 11) is 0. The summed E-state index contributed by atoms with van der Waals surface area (Å²) in [5.74, 6) is 2.65. The number of carbonyl (C=O) groups excluding carboxylic acids is 1. The van der Waals surface area contributed by atoms with Crippen LogP contribution in [0.25, 0.3) is 0 Å². The van der Waals surface area contributed by atoms with Crippen LogP contribution in [-0.2, 0) is 11.3 Å². The van der Waals surface area contributed by atoms with Crippen molar-refractivity contribution in [2.75, 3.05) is 6.54 Å². The molecule has 0 N–H and O–H groups in total. The van der Waals surface area contributed by atoms with Crippen molar-refractivity contribution in [3.63, 3.8) is 0 Å². The number of amides is 1. The highest BCUT2D eigenvalue weighted by molar-refractivity contribution is 5.73. The second-order valence-electron chi connectivity index (χ2n) is 5.67. The van der Waals surface area contributed by atoms with Gasteiger partial charge >= 0.3 is 0 Å². The van der Waals surface area contributed by atoms with Crippen LogP contribution in [0.15, 0.2) is 45.6 Å². The first-order chi connectivity index (χ1) is 10.1. The van der Waals surface area contributed by atoms with Crippen molar-refractivity contribution in [1.29, 1.82) is 0 Å². The van der Waals surface area contributed by atoms with Crippen LogP contribution in [0.1, 0.15) is 44.6 Å². The van der Waals surface area contributed by atoms with E-state index in [1.807, 2.05) is 29.2 Å². The first kappa shape index (κ1) is 15.4. The maximum Gasteiger partial charge on any atom is 0.219 e. The van der Waals surface area contributed by atoms with Crippen molar-refractivity contribution in [3.8, 4) is 0 Å². The highest BCUT2D eigenvalue weighted by atomic mass is 16.3. The number of nitrogens with zero attached hydrogens (tertiary/aromatic N) is 1. The monoisotopic (exact) mass is 289 g/mol. The average Bonchev–Trinajstić information content (AvgIpc) is 3.09. The molecule has 0 aliphatic carbocycles. The zero-order valence-corrected chi connectivity index (χ0v) is 12.9. The van der Waals surface area contributed by atoms with Crippen LogP contribution in [0.4, 0.5) is 0 Å². The predicted octanol–water partition coefficient (Wildman–Crippen LogP) is 4.05. The van der Waals surface area contributed by atoms with Crippen molar-refractivity contribution in [2.24, 2.45) is 5.92 Å². The van der Waals surface area contributed by atoms with E-state index in [2.05, 4.69) is 13.8 Å². The Morgan fingerprint density at radius 3 is 2.43 bits per heavy atom. The van der Waals surface area contributed by atoms with Gasteiger partial charge in [0.15, 0.2) is 0 Å². The summed E-state index contributed by atoms with van der Waals surface area (Å²) < 4.78 is 10.9. The molecule has 1 amide bonds. The molecule has 114 valence electrons. The van der Waals surface area contributed by atoms with Gasteiger partial charge in [0, 0.05) is 19.4 Å². The molecule has 0 aliphatic heterocycles. The van der Waals surface area contributed by atoms with E-state index >= 15 is 0 Å². The fraction of sp³-hybridized carbons (Fsp3) is 0.471. The van der Waals surface area contributed by atoms with Gasteiger partial charge in [0.25, 0.3) is 0 Å². The Morgan fingerprint density at radius 2 is 1.90 bits per heavy atom. The zero-order chi connectivity index (χ0) is 15.2. The van der Waals surface area contributed by atoms with Gasteiger partial charge in [-0.25, -0.2) is 0 Å². The Labute approximate surface area is 125 Å². The first-order valence-corrected chi connectivity index (χ1v) is 7.39. The molecule has 2 heterocycles. The van der Waals surface area contributed by atoms with Gasteiger partial charge in [-0.3, -0.25) is 4.79 Å². The van der Waals surface area contributed by atoms with E-state index in [1.165, 1.54) is 0 Å². The van der Waals surface area contributed by atoms with E-state index in [0.29, 0.717) is 24.9 Å². The van der Waals surface area contributed by atoms with E-state index in [4.69, 9.17) is 8.83 Å². The molecule has 0 bridgehead atoms. The van der Waals surface area contributed by atoms with E-state index < -0.39 is 0 Å². The minimum atomic E-state index is 0.0633. The molecule has 1 atom stereocenters. The lowest BCUT2D eigenvalue weighted by molar-refractivity contribution is -0.129. The van der Waals surface area contributed by atoms with Crippen LogP contribution < -0.4 is 0 Å². The largest absolute Gasteiger partial charge is 0.469 e. The molecule has 4 heteroatoms. The van der Waals surface area contributed by atoms with E-state index in [0.717, 1.165) is 17.9 Å². The van der Waals surface area contributed by atoms with Gasteiger partial charge in [0.05, 0.1) is 19.1 Å². The maximum absolute atomic E-state index is 11.8. The summed E-state index contributed by atoms with van der Waals surface area (Å²) in [6, 6.07) is 7.65. The van der Waals surface area contributed by atoms with E-state index in [-0.39, 0.29) is 5.91 Å². The number of hydrogen-bond donors (Lipinski definition) is 0. The highest BCUT2D eigenvalue weighted by Crippen LogP contribution is 2.28. The third-order valence-corrected chi connectivity index (χ3v) is 3.80. The van der Waals surface area contributed by atoms with Gasteiger partial charge in [-0.2, -0.15) is 0 Å². The molecule has 0 unspecified atom stereocenters. The van der Waals surface area contributed by atoms with E-state index in [1.54, 1.807) is 19.5 Å². The van der Waals surface area contributed by atoms with Crippen LogP contribution in [0.5, 0.6) is 0 Å². The molecule has 0 saturated heterocycles. The third kappa shape index (κ3) is 4.25. The Kier molecular flexibility index (Phi) is 5.26. The fourth-order valence-corrected chi connectivity index (χ4v) is 2.54. The van der Waals surface area contributed by atoms with Crippen LogP contribution >= 0.6 is 0 Å². The number of carbonyl (C=O) groups is 1. The summed E-state index contributed by atoms with van der Waals surface area (Å²) in [5.41, 5.74) is 0. The Balaban J connectivity index is 1.98. The molecule has 2 aromatic heterocycles. The van der Waals surface area contributed by atoms with Gasteiger partial charge in [0.2, 0.25) is 5.91 Å². The predicted molar refractivity (Wildman–Crippen MR) is 80.7 cm³/mol. The molecule has 0 saturated carbocycles. The number of hydrogen-bond acceptors (Lipinski definition) is 3. The SMILES string of the molecule is CC(=O)N(CC[C@@H](c1ccco1)C(C)C)Cc1ccco1. The smallest absolute Gasteiger partial charge is 0.219 e. The number of furan rings is 2. The zero-order valence-electron chi connectivity index (χ0n) is 12.9. The van der Waals surface area contributed by atoms with Crippen molar-refractivity contribution >= 4 is 5.91 Å². The molecule has 0 radical (unpaired) electrons. The van der Waals surface area contributed by atoms with Crippen molar-refractivity contribution < 1.29 is 13.6 Å². The maximum atomic E-state index is 11.8. The van der Waals surface area contributed by atoms with Crippen LogP contribution in [0.3, 0.4) is 0 Å². The van der Waals surface area contributed by atoms with Crippen LogP contribution in [0.2, 0.25) is 0 Å². The molecule has 0 aromatic carbocycles. The quantitative estimate of drug-likeness (QED) is 0.772. The Morgan fingerprint density at radius 1 is 1.19 bits per heavy atom. The summed E-state index contributed by atoms with van der Waals surface area (Å²) in [5, 5.41) is 0. The minimum Gasteiger partial charge on any atom is -0.469 e. The highest BCUT2D eigenvalue weighted by Gasteiger charge is 2.21. The third-order valence-electron chi connectivity index (χ3n) is 3.80. The van der Waals surface area contributed by atoms with E-state index in [9.17, 15) is 4.79 Å². The van der Waals surface area contributed by atoms with Gasteiger partial charge in [-0.05, 0) is 36.6 Å². The van der Waals surface area contributed by atoms with Crippen molar-refractivity contribution in [2.45, 2.75) is 39.7 Å². The van der Waals surface area contributed by atoms with Crippen LogP contribution in [0, 0.1) is 5.92 Å². The molecule has 0 aliphatic rings. The van der Waals surface area contributed by atoms with Gasteiger partial charge in [-0.1, -0.05) is 13.8 Å². The summed E-state index contributed by atoms with van der Waals surface area (Å²) in [4.78, 5) is 13.6. The first-order valence-electron chi connectivity index (χ1n) is 7.39. The summed E-state index contributed by atoms with van der Waals surface area (Å²) in [6.45, 7) is 7.17. The lowest BCUT2D eigenvalue weighted by Crippen LogP contribution is -2.30. The topological polar surface area (TPSA) is 46.6 Å². The molecule has 0 fully saturated rings. The van der Waals surface area contributed by atoms with Crippen molar-refractivity contribution in [1.82, 2.24) is 4.90 Å². The lowest BCUT2D eigenvalue weighted by atomic mass is 9.90. The summed E-state index contributed by atoms with van der Waals surface area (Å²) >= 11 is 0. The van der Waals surface area contributed by atoms with Gasteiger partial charge in [0.1, 0.15) is 11.5 Å². The van der Waals surface area contributed by atoms with Crippen molar-refractivity contribution in [3.05, 3.63) is 48.3 Å². The summed E-state index contributed by atoms with van der Waals surface area (Å²) in [6.07, 6.45) is 4.22. The Hall–Kier alpha value is -1.97. The molecule has 0 spiro atoms. The second-order valence-corrected chi connectivity index (χ2v) is 5.67. The lowest BCUT2D eigenvalue weighted by Gasteiger charge is -2.24. The normalized spacial score (nSPS) is 12.6. The molecule has 2 aromatic rings. The fourth-order valence-electron chi connectivity index (χ4n) is 2.54. The molecule has 21 heavy (non-hydrogen) atoms. The minimum absolute atomic E-state index is 0.0633. The molecule has 4 nitrogen and oxygen atoms in total.